The number of aryl methyl sites for hydroxylation is 4. The van der Waals surface area contributed by atoms with Gasteiger partial charge in [0, 0.05) is 0 Å². The molecule has 20 heavy (non-hydrogen) atoms. The van der Waals surface area contributed by atoms with Crippen LogP contribution in [0, 0.1) is 13.8 Å². The lowest BCUT2D eigenvalue weighted by Crippen LogP contribution is -2.15. The van der Waals surface area contributed by atoms with E-state index in [1.165, 1.54) is 33.4 Å². The van der Waals surface area contributed by atoms with Gasteiger partial charge in [-0.25, -0.2) is 0 Å². The summed E-state index contributed by atoms with van der Waals surface area (Å²) in [6.45, 7) is 8.65. The Hall–Kier alpha value is -1.60. The molecule has 0 bridgehead atoms. The average Bonchev–Trinajstić information content (AvgIpc) is 2.46. The fraction of sp³-hybridized carbons (Fsp3) is 0.368. The molecule has 2 aromatic rings. The first-order chi connectivity index (χ1) is 9.56. The normalized spacial score (nSPS) is 12.4. The molecule has 1 heteroatoms. The van der Waals surface area contributed by atoms with Gasteiger partial charge in [0.2, 0.25) is 0 Å². The third-order valence-corrected chi connectivity index (χ3v) is 4.09. The van der Waals surface area contributed by atoms with Crippen molar-refractivity contribution in [2.24, 2.45) is 5.73 Å². The van der Waals surface area contributed by atoms with Crippen LogP contribution in [0.4, 0.5) is 0 Å². The van der Waals surface area contributed by atoms with Crippen LogP contribution in [0.3, 0.4) is 0 Å². The van der Waals surface area contributed by atoms with Gasteiger partial charge in [-0.05, 0) is 54.5 Å². The fourth-order valence-electron chi connectivity index (χ4n) is 2.82. The van der Waals surface area contributed by atoms with Crippen LogP contribution < -0.4 is 5.73 Å². The smallest absolute Gasteiger partial charge is 0.0557 e. The van der Waals surface area contributed by atoms with Gasteiger partial charge in [-0.3, -0.25) is 0 Å². The molecule has 0 radical (unpaired) electrons. The summed E-state index contributed by atoms with van der Waals surface area (Å²) in [5.41, 5.74) is 14.4. The van der Waals surface area contributed by atoms with E-state index < -0.39 is 0 Å². The molecule has 0 heterocycles. The van der Waals surface area contributed by atoms with Crippen molar-refractivity contribution in [2.45, 2.75) is 46.6 Å². The summed E-state index contributed by atoms with van der Waals surface area (Å²) >= 11 is 0. The Morgan fingerprint density at radius 3 is 2.25 bits per heavy atom. The Labute approximate surface area is 122 Å². The molecule has 2 aromatic carbocycles. The summed E-state index contributed by atoms with van der Waals surface area (Å²) < 4.78 is 0. The molecule has 2 rings (SSSR count). The van der Waals surface area contributed by atoms with E-state index in [2.05, 4.69) is 64.1 Å². The largest absolute Gasteiger partial charge is 0.320 e. The predicted octanol–water partition coefficient (Wildman–Crippen LogP) is 4.48. The second-order valence-electron chi connectivity index (χ2n) is 5.58. The third kappa shape index (κ3) is 2.94. The van der Waals surface area contributed by atoms with Gasteiger partial charge in [0.05, 0.1) is 6.04 Å². The van der Waals surface area contributed by atoms with Gasteiger partial charge in [-0.15, -0.1) is 0 Å². The molecule has 106 valence electrons. The SMILES string of the molecule is CCc1ccc(CC)c(C(N)c2ccc(C)cc2C)c1. The third-order valence-electron chi connectivity index (χ3n) is 4.09. The minimum Gasteiger partial charge on any atom is -0.320 e. The van der Waals surface area contributed by atoms with Crippen LogP contribution in [-0.2, 0) is 12.8 Å². The van der Waals surface area contributed by atoms with Crippen molar-refractivity contribution in [2.75, 3.05) is 0 Å². The standard InChI is InChI=1S/C19H25N/c1-5-15-8-9-16(6-2)18(12-15)19(20)17-10-7-13(3)11-14(17)4/h7-12,19H,5-6,20H2,1-4H3. The molecule has 0 spiro atoms. The average molecular weight is 267 g/mol. The second-order valence-corrected chi connectivity index (χ2v) is 5.58. The van der Waals surface area contributed by atoms with Crippen molar-refractivity contribution in [3.63, 3.8) is 0 Å². The summed E-state index contributed by atoms with van der Waals surface area (Å²) in [5.74, 6) is 0. The van der Waals surface area contributed by atoms with Crippen molar-refractivity contribution in [1.82, 2.24) is 0 Å². The molecule has 2 N–H and O–H groups in total. The summed E-state index contributed by atoms with van der Waals surface area (Å²) in [6, 6.07) is 13.2. The summed E-state index contributed by atoms with van der Waals surface area (Å²) in [7, 11) is 0. The van der Waals surface area contributed by atoms with E-state index in [-0.39, 0.29) is 6.04 Å². The van der Waals surface area contributed by atoms with Gasteiger partial charge in [0.25, 0.3) is 0 Å². The summed E-state index contributed by atoms with van der Waals surface area (Å²) in [5, 5.41) is 0. The van der Waals surface area contributed by atoms with Gasteiger partial charge in [-0.2, -0.15) is 0 Å². The highest BCUT2D eigenvalue weighted by Crippen LogP contribution is 2.27. The first kappa shape index (κ1) is 14.8. The topological polar surface area (TPSA) is 26.0 Å². The summed E-state index contributed by atoms with van der Waals surface area (Å²) in [4.78, 5) is 0. The molecule has 0 saturated carbocycles. The molecule has 0 aromatic heterocycles. The number of hydrogen-bond acceptors (Lipinski definition) is 1. The van der Waals surface area contributed by atoms with Crippen molar-refractivity contribution < 1.29 is 0 Å². The fourth-order valence-corrected chi connectivity index (χ4v) is 2.82. The predicted molar refractivity (Wildman–Crippen MR) is 87.1 cm³/mol. The highest BCUT2D eigenvalue weighted by Gasteiger charge is 2.15. The van der Waals surface area contributed by atoms with Crippen LogP contribution >= 0.6 is 0 Å². The maximum atomic E-state index is 6.57. The van der Waals surface area contributed by atoms with Gasteiger partial charge >= 0.3 is 0 Å². The molecule has 1 atom stereocenters. The maximum Gasteiger partial charge on any atom is 0.0557 e. The molecule has 0 amide bonds. The molecular formula is C19H25N. The van der Waals surface area contributed by atoms with Crippen LogP contribution in [0.5, 0.6) is 0 Å². The van der Waals surface area contributed by atoms with E-state index in [0.717, 1.165) is 12.8 Å². The van der Waals surface area contributed by atoms with Crippen molar-refractivity contribution in [3.8, 4) is 0 Å². The van der Waals surface area contributed by atoms with Gasteiger partial charge in [0.1, 0.15) is 0 Å². The quantitative estimate of drug-likeness (QED) is 0.868. The van der Waals surface area contributed by atoms with Gasteiger partial charge < -0.3 is 5.73 Å². The monoisotopic (exact) mass is 267 g/mol. The lowest BCUT2D eigenvalue weighted by atomic mass is 9.89. The number of benzene rings is 2. The first-order valence-corrected chi connectivity index (χ1v) is 7.51. The van der Waals surface area contributed by atoms with Gasteiger partial charge in [0.15, 0.2) is 0 Å². The van der Waals surface area contributed by atoms with Crippen LogP contribution in [0.2, 0.25) is 0 Å². The number of rotatable bonds is 4. The van der Waals surface area contributed by atoms with E-state index in [0.29, 0.717) is 0 Å². The second kappa shape index (κ2) is 6.23. The molecule has 0 aliphatic carbocycles. The Morgan fingerprint density at radius 1 is 0.900 bits per heavy atom. The van der Waals surface area contributed by atoms with E-state index in [4.69, 9.17) is 5.73 Å². The van der Waals surface area contributed by atoms with Gasteiger partial charge in [-0.1, -0.05) is 55.8 Å². The molecule has 1 unspecified atom stereocenters. The van der Waals surface area contributed by atoms with Crippen LogP contribution in [-0.4, -0.2) is 0 Å². The van der Waals surface area contributed by atoms with Crippen LogP contribution in [0.15, 0.2) is 36.4 Å². The van der Waals surface area contributed by atoms with E-state index in [1.54, 1.807) is 0 Å². The Morgan fingerprint density at radius 2 is 1.65 bits per heavy atom. The lowest BCUT2D eigenvalue weighted by molar-refractivity contribution is 0.836. The molecule has 0 aliphatic rings. The molecule has 0 fully saturated rings. The zero-order chi connectivity index (χ0) is 14.7. The lowest BCUT2D eigenvalue weighted by Gasteiger charge is -2.20. The Bertz CT molecular complexity index is 599. The van der Waals surface area contributed by atoms with E-state index >= 15 is 0 Å². The van der Waals surface area contributed by atoms with E-state index in [1.807, 2.05) is 0 Å². The minimum atomic E-state index is -0.0305. The number of nitrogens with two attached hydrogens (primary N) is 1. The zero-order valence-corrected chi connectivity index (χ0v) is 13.0. The highest BCUT2D eigenvalue weighted by atomic mass is 14.6. The molecular weight excluding hydrogens is 242 g/mol. The van der Waals surface area contributed by atoms with Crippen LogP contribution in [0.25, 0.3) is 0 Å². The highest BCUT2D eigenvalue weighted by molar-refractivity contribution is 5.43. The van der Waals surface area contributed by atoms with Crippen molar-refractivity contribution in [1.29, 1.82) is 0 Å². The van der Waals surface area contributed by atoms with Crippen molar-refractivity contribution >= 4 is 0 Å². The molecule has 0 aliphatic heterocycles. The van der Waals surface area contributed by atoms with Crippen LogP contribution in [0.1, 0.15) is 53.3 Å². The molecule has 0 saturated heterocycles. The maximum absolute atomic E-state index is 6.57. The Kier molecular flexibility index (Phi) is 4.61. The number of hydrogen-bond donors (Lipinski definition) is 1. The first-order valence-electron chi connectivity index (χ1n) is 7.51. The summed E-state index contributed by atoms with van der Waals surface area (Å²) in [6.07, 6.45) is 2.08. The van der Waals surface area contributed by atoms with E-state index in [9.17, 15) is 0 Å². The molecule has 1 nitrogen and oxygen atoms in total. The zero-order valence-electron chi connectivity index (χ0n) is 13.0. The Balaban J connectivity index is 2.48. The van der Waals surface area contributed by atoms with Crippen molar-refractivity contribution in [3.05, 3.63) is 69.8 Å². The minimum absolute atomic E-state index is 0.0305.